The molecule has 3 aromatic rings. The molecule has 0 radical (unpaired) electrons. The van der Waals surface area contributed by atoms with Gasteiger partial charge in [-0.2, -0.15) is 5.10 Å². The average Bonchev–Trinajstić information content (AvgIpc) is 3.10. The highest BCUT2D eigenvalue weighted by Crippen LogP contribution is 2.24. The van der Waals surface area contributed by atoms with Gasteiger partial charge in [-0.3, -0.25) is 4.98 Å². The maximum absolute atomic E-state index is 4.73. The molecule has 0 aliphatic carbocycles. The summed E-state index contributed by atoms with van der Waals surface area (Å²) >= 11 is 0. The van der Waals surface area contributed by atoms with Crippen molar-refractivity contribution in [3.63, 3.8) is 0 Å². The van der Waals surface area contributed by atoms with Crippen LogP contribution in [0.5, 0.6) is 0 Å². The predicted molar refractivity (Wildman–Crippen MR) is 95.2 cm³/mol. The van der Waals surface area contributed by atoms with Crippen LogP contribution in [0.2, 0.25) is 0 Å². The van der Waals surface area contributed by atoms with Crippen molar-refractivity contribution in [2.24, 2.45) is 0 Å². The van der Waals surface area contributed by atoms with Gasteiger partial charge in [-0.1, -0.05) is 12.1 Å². The van der Waals surface area contributed by atoms with Gasteiger partial charge in [-0.15, -0.1) is 5.10 Å². The van der Waals surface area contributed by atoms with Gasteiger partial charge in [0, 0.05) is 32.4 Å². The fraction of sp³-hybridized carbons (Fsp3) is 0.333. The SMILES string of the molecule is CN(CC1CCCN1c1cccnn1)c1cnc2ccccc2n1. The standard InChI is InChI=1S/C18H20N6/c1-23(18-12-19-15-7-2-3-8-16(15)21-18)13-14-6-5-11-24(14)17-9-4-10-20-22-17/h2-4,7-10,12,14H,5-6,11,13H2,1H3. The summed E-state index contributed by atoms with van der Waals surface area (Å²) in [5, 5.41) is 8.27. The minimum absolute atomic E-state index is 0.417. The fourth-order valence-electron chi connectivity index (χ4n) is 3.31. The Balaban J connectivity index is 1.53. The second-order valence-electron chi connectivity index (χ2n) is 6.17. The Morgan fingerprint density at radius 2 is 2.04 bits per heavy atom. The van der Waals surface area contributed by atoms with Gasteiger partial charge in [-0.05, 0) is 37.1 Å². The van der Waals surface area contributed by atoms with Crippen molar-refractivity contribution in [2.45, 2.75) is 18.9 Å². The molecule has 4 rings (SSSR count). The highest BCUT2D eigenvalue weighted by Gasteiger charge is 2.27. The van der Waals surface area contributed by atoms with Gasteiger partial charge in [0.2, 0.25) is 0 Å². The summed E-state index contributed by atoms with van der Waals surface area (Å²) in [6, 6.07) is 12.3. The maximum atomic E-state index is 4.73. The van der Waals surface area contributed by atoms with Crippen LogP contribution in [0, 0.1) is 0 Å². The molecule has 24 heavy (non-hydrogen) atoms. The minimum Gasteiger partial charge on any atom is -0.356 e. The summed E-state index contributed by atoms with van der Waals surface area (Å²) in [7, 11) is 2.08. The molecule has 2 aromatic heterocycles. The minimum atomic E-state index is 0.417. The van der Waals surface area contributed by atoms with E-state index in [9.17, 15) is 0 Å². The number of aromatic nitrogens is 4. The number of likely N-dealkylation sites (N-methyl/N-ethyl adjacent to an activating group) is 1. The van der Waals surface area contributed by atoms with Gasteiger partial charge in [0.1, 0.15) is 5.82 Å². The number of benzene rings is 1. The Morgan fingerprint density at radius 3 is 2.88 bits per heavy atom. The number of rotatable bonds is 4. The van der Waals surface area contributed by atoms with Crippen molar-refractivity contribution >= 4 is 22.7 Å². The first-order valence-corrected chi connectivity index (χ1v) is 8.28. The predicted octanol–water partition coefficient (Wildman–Crippen LogP) is 2.53. The second kappa shape index (κ2) is 6.39. The van der Waals surface area contributed by atoms with Crippen molar-refractivity contribution in [1.29, 1.82) is 0 Å². The molecule has 0 bridgehead atoms. The van der Waals surface area contributed by atoms with Crippen LogP contribution in [0.3, 0.4) is 0 Å². The van der Waals surface area contributed by atoms with E-state index >= 15 is 0 Å². The second-order valence-corrected chi connectivity index (χ2v) is 6.17. The van der Waals surface area contributed by atoms with Crippen molar-refractivity contribution in [3.8, 4) is 0 Å². The van der Waals surface area contributed by atoms with E-state index in [1.807, 2.05) is 42.6 Å². The average molecular weight is 320 g/mol. The van der Waals surface area contributed by atoms with Crippen LogP contribution in [-0.4, -0.2) is 46.3 Å². The molecule has 6 nitrogen and oxygen atoms in total. The third-order valence-electron chi connectivity index (χ3n) is 4.54. The third kappa shape index (κ3) is 2.87. The zero-order chi connectivity index (χ0) is 16.4. The first-order valence-electron chi connectivity index (χ1n) is 8.28. The number of hydrogen-bond donors (Lipinski definition) is 0. The summed E-state index contributed by atoms with van der Waals surface area (Å²) in [5.74, 6) is 1.86. The lowest BCUT2D eigenvalue weighted by Gasteiger charge is -2.29. The molecule has 3 heterocycles. The Kier molecular flexibility index (Phi) is 3.94. The molecule has 1 saturated heterocycles. The highest BCUT2D eigenvalue weighted by atomic mass is 15.3. The first kappa shape index (κ1) is 14.8. The quantitative estimate of drug-likeness (QED) is 0.736. The lowest BCUT2D eigenvalue weighted by Crippen LogP contribution is -2.39. The molecule has 1 aliphatic rings. The van der Waals surface area contributed by atoms with Crippen molar-refractivity contribution in [2.75, 3.05) is 29.9 Å². The van der Waals surface area contributed by atoms with Crippen molar-refractivity contribution in [3.05, 3.63) is 48.8 Å². The summed E-state index contributed by atoms with van der Waals surface area (Å²) in [4.78, 5) is 13.8. The molecule has 0 amide bonds. The van der Waals surface area contributed by atoms with Crippen LogP contribution >= 0.6 is 0 Å². The fourth-order valence-corrected chi connectivity index (χ4v) is 3.31. The number of fused-ring (bicyclic) bond motifs is 1. The lowest BCUT2D eigenvalue weighted by molar-refractivity contribution is 0.643. The largest absolute Gasteiger partial charge is 0.356 e. The van der Waals surface area contributed by atoms with E-state index in [0.717, 1.165) is 42.2 Å². The third-order valence-corrected chi connectivity index (χ3v) is 4.54. The zero-order valence-electron chi connectivity index (χ0n) is 13.7. The molecule has 6 heteroatoms. The van der Waals surface area contributed by atoms with Gasteiger partial charge in [-0.25, -0.2) is 4.98 Å². The van der Waals surface area contributed by atoms with E-state index < -0.39 is 0 Å². The molecule has 0 N–H and O–H groups in total. The molecule has 1 aliphatic heterocycles. The first-order chi connectivity index (χ1) is 11.8. The van der Waals surface area contributed by atoms with Gasteiger partial charge in [0.15, 0.2) is 5.82 Å². The van der Waals surface area contributed by atoms with Crippen LogP contribution in [0.1, 0.15) is 12.8 Å². The molecule has 1 unspecified atom stereocenters. The molecule has 0 spiro atoms. The van der Waals surface area contributed by atoms with Crippen LogP contribution < -0.4 is 9.80 Å². The molecule has 1 aromatic carbocycles. The Morgan fingerprint density at radius 1 is 1.17 bits per heavy atom. The lowest BCUT2D eigenvalue weighted by atomic mass is 10.2. The van der Waals surface area contributed by atoms with Crippen molar-refractivity contribution in [1.82, 2.24) is 20.2 Å². The van der Waals surface area contributed by atoms with E-state index in [2.05, 4.69) is 32.0 Å². The van der Waals surface area contributed by atoms with E-state index in [4.69, 9.17) is 4.98 Å². The maximum Gasteiger partial charge on any atom is 0.151 e. The van der Waals surface area contributed by atoms with Gasteiger partial charge in [0.05, 0.1) is 17.2 Å². The zero-order valence-corrected chi connectivity index (χ0v) is 13.7. The van der Waals surface area contributed by atoms with Crippen LogP contribution in [-0.2, 0) is 0 Å². The van der Waals surface area contributed by atoms with Crippen LogP contribution in [0.25, 0.3) is 11.0 Å². The molecular formula is C18H20N6. The van der Waals surface area contributed by atoms with Crippen LogP contribution in [0.15, 0.2) is 48.8 Å². The van der Waals surface area contributed by atoms with Crippen LogP contribution in [0.4, 0.5) is 11.6 Å². The van der Waals surface area contributed by atoms with Gasteiger partial charge >= 0.3 is 0 Å². The Hall–Kier alpha value is -2.76. The van der Waals surface area contributed by atoms with Crippen molar-refractivity contribution < 1.29 is 0 Å². The van der Waals surface area contributed by atoms with E-state index in [0.29, 0.717) is 6.04 Å². The topological polar surface area (TPSA) is 58.0 Å². The summed E-state index contributed by atoms with van der Waals surface area (Å²) < 4.78 is 0. The molecule has 0 saturated carbocycles. The number of para-hydroxylation sites is 2. The molecule has 1 fully saturated rings. The Labute approximate surface area is 141 Å². The summed E-state index contributed by atoms with van der Waals surface area (Å²) in [5.41, 5.74) is 1.86. The smallest absolute Gasteiger partial charge is 0.151 e. The van der Waals surface area contributed by atoms with E-state index in [1.54, 1.807) is 6.20 Å². The van der Waals surface area contributed by atoms with Gasteiger partial charge in [0.25, 0.3) is 0 Å². The highest BCUT2D eigenvalue weighted by molar-refractivity contribution is 5.75. The normalized spacial score (nSPS) is 17.4. The number of hydrogen-bond acceptors (Lipinski definition) is 6. The molecular weight excluding hydrogens is 300 g/mol. The number of anilines is 2. The summed E-state index contributed by atoms with van der Waals surface area (Å²) in [6.45, 7) is 1.92. The molecule has 122 valence electrons. The number of nitrogens with zero attached hydrogens (tertiary/aromatic N) is 6. The van der Waals surface area contributed by atoms with Gasteiger partial charge < -0.3 is 9.80 Å². The monoisotopic (exact) mass is 320 g/mol. The molecule has 1 atom stereocenters. The Bertz CT molecular complexity index is 822. The van der Waals surface area contributed by atoms with E-state index in [1.165, 1.54) is 6.42 Å². The summed E-state index contributed by atoms with van der Waals surface area (Å²) in [6.07, 6.45) is 5.90. The van der Waals surface area contributed by atoms with E-state index in [-0.39, 0.29) is 0 Å².